The Morgan fingerprint density at radius 1 is 1.12 bits per heavy atom. The number of nitrogens with zero attached hydrogens (tertiary/aromatic N) is 4. The number of imidazole rings is 1. The topological polar surface area (TPSA) is 281 Å². The molecule has 0 aliphatic carbocycles. The van der Waals surface area contributed by atoms with Crippen LogP contribution in [0, 0.1) is 0 Å². The van der Waals surface area contributed by atoms with Gasteiger partial charge in [0.1, 0.15) is 23.8 Å². The van der Waals surface area contributed by atoms with Gasteiger partial charge in [0.05, 0.1) is 12.9 Å². The van der Waals surface area contributed by atoms with Gasteiger partial charge in [-0.15, -0.1) is 0 Å². The molecule has 3 heterocycles. The van der Waals surface area contributed by atoms with Gasteiger partial charge < -0.3 is 53.9 Å². The third kappa shape index (κ3) is 10.7. The Hall–Kier alpha value is 2.89. The summed E-state index contributed by atoms with van der Waals surface area (Å²) in [6, 6.07) is 0. The Labute approximate surface area is 323 Å². The van der Waals surface area contributed by atoms with Crippen LogP contribution >= 0.6 is 34.8 Å². The Bertz CT molecular complexity index is 1320. The molecule has 1 aliphatic heterocycles. The van der Waals surface area contributed by atoms with Crippen LogP contribution < -0.4 is 144 Å². The number of ether oxygens (including phenoxy) is 1. The standard InChI is InChI=1S/C14H22F2N5O12P3S.4Na/c1-2-3-37-13-19-10(17)7-11(20-13)21(5-18-7)12-9(23)8(22)6(32-12)4-31-36(29,30)33-35(27,28)14(15,16)34(24,25)26;;;;/h5-6,8-9,12,22-23H,2-4H2,1H3,(H,27,28)(H,29,30)(H2,17,19,20)(H2,24,25,26);;;;/q;4*+1/p-4/t6-,8-,9-,12-;;;;/m1..../s1. The molecular formula is C14H18F2N5Na4O12P3S. The molecule has 0 spiro atoms. The number of anilines is 1. The van der Waals surface area contributed by atoms with Gasteiger partial charge in [0, 0.05) is 13.3 Å². The van der Waals surface area contributed by atoms with Crippen LogP contribution in [-0.4, -0.2) is 65.8 Å². The van der Waals surface area contributed by atoms with Gasteiger partial charge in [-0.05, 0) is 6.42 Å². The molecule has 17 nitrogen and oxygen atoms in total. The second-order valence-corrected chi connectivity index (χ2v) is 13.8. The Morgan fingerprint density at radius 3 is 2.24 bits per heavy atom. The van der Waals surface area contributed by atoms with Crippen LogP contribution in [0.15, 0.2) is 11.5 Å². The number of nitrogens with two attached hydrogens (primary N) is 1. The largest absolute Gasteiger partial charge is 1.00 e. The summed E-state index contributed by atoms with van der Waals surface area (Å²) in [5.74, 6) is 0.653. The van der Waals surface area contributed by atoms with Crippen LogP contribution in [0.3, 0.4) is 0 Å². The number of aromatic nitrogens is 4. The summed E-state index contributed by atoms with van der Waals surface area (Å²) in [6.07, 6.45) is -4.88. The van der Waals surface area contributed by atoms with Gasteiger partial charge >= 0.3 is 124 Å². The number of thioether (sulfide) groups is 1. The average Bonchev–Trinajstić information content (AvgIpc) is 3.31. The minimum Gasteiger partial charge on any atom is -0.806 e. The number of hydrogen-bond acceptors (Lipinski definition) is 17. The molecular weight excluding hydrogens is 685 g/mol. The maximum absolute atomic E-state index is 13.3. The summed E-state index contributed by atoms with van der Waals surface area (Å²) >= 11 is 1.27. The molecule has 3 rings (SSSR count). The normalized spacial score (nSPS) is 23.7. The van der Waals surface area contributed by atoms with E-state index in [1.165, 1.54) is 11.8 Å². The molecule has 0 aromatic carbocycles. The zero-order chi connectivity index (χ0) is 28.0. The summed E-state index contributed by atoms with van der Waals surface area (Å²) in [5, 5.41) is 14.8. The molecule has 2 unspecified atom stereocenters. The number of rotatable bonds is 11. The Balaban J connectivity index is 0. The summed E-state index contributed by atoms with van der Waals surface area (Å²) < 4.78 is 74.1. The molecule has 2 aromatic rings. The van der Waals surface area contributed by atoms with Crippen LogP contribution in [0.1, 0.15) is 19.6 Å². The zero-order valence-corrected chi connectivity index (χ0v) is 33.9. The SMILES string of the molecule is CCCSc1nc(N)c2ncn([C@@H]3O[C@H](COP(=O)([O-])OP(=O)([O-])C(F)(F)P(=O)([O-])[O-])[C@@H](O)[C@H]3O)c2n1.[Na+].[Na+].[Na+].[Na+]. The molecule has 0 bridgehead atoms. The van der Waals surface area contributed by atoms with Crippen LogP contribution in [-0.2, 0) is 27.3 Å². The minimum atomic E-state index is -7.19. The number of alkyl halides is 2. The summed E-state index contributed by atoms with van der Waals surface area (Å²) in [6.45, 7) is 0.638. The maximum Gasteiger partial charge on any atom is 1.00 e. The minimum absolute atomic E-state index is 0. The number of phosphoric acid groups is 1. The van der Waals surface area contributed by atoms with Gasteiger partial charge in [0.25, 0.3) is 7.82 Å². The number of aliphatic hydroxyl groups is 2. The van der Waals surface area contributed by atoms with Gasteiger partial charge in [-0.2, -0.15) is 8.78 Å². The quantitative estimate of drug-likeness (QED) is 0.0848. The molecule has 6 atom stereocenters. The van der Waals surface area contributed by atoms with Crippen molar-refractivity contribution in [2.45, 2.75) is 48.4 Å². The first kappa shape index (κ1) is 46.0. The second-order valence-electron chi connectivity index (χ2n) is 7.44. The Morgan fingerprint density at radius 2 is 1.71 bits per heavy atom. The van der Waals surface area contributed by atoms with Crippen molar-refractivity contribution in [2.75, 3.05) is 18.1 Å². The van der Waals surface area contributed by atoms with Gasteiger partial charge in [0.2, 0.25) is 7.60 Å². The molecule has 210 valence electrons. The molecule has 0 amide bonds. The van der Waals surface area contributed by atoms with E-state index in [1.54, 1.807) is 0 Å². The van der Waals surface area contributed by atoms with Crippen LogP contribution in [0.2, 0.25) is 0 Å². The van der Waals surface area contributed by atoms with E-state index in [4.69, 9.17) is 10.5 Å². The zero-order valence-electron chi connectivity index (χ0n) is 22.4. The summed E-state index contributed by atoms with van der Waals surface area (Å²) in [4.78, 5) is 56.5. The van der Waals surface area contributed by atoms with Crippen LogP contribution in [0.25, 0.3) is 11.2 Å². The summed E-state index contributed by atoms with van der Waals surface area (Å²) in [5.41, 5.74) is 6.08. The van der Waals surface area contributed by atoms with E-state index in [-0.39, 0.29) is 140 Å². The van der Waals surface area contributed by atoms with Gasteiger partial charge in [0.15, 0.2) is 22.8 Å². The molecule has 1 saturated heterocycles. The first-order chi connectivity index (χ1) is 16.9. The first-order valence-corrected chi connectivity index (χ1v) is 15.5. The molecule has 27 heteroatoms. The molecule has 4 N–H and O–H groups in total. The number of hydrogen-bond donors (Lipinski definition) is 3. The average molecular weight is 703 g/mol. The first-order valence-electron chi connectivity index (χ1n) is 9.94. The second kappa shape index (κ2) is 17.9. The van der Waals surface area contributed by atoms with Crippen molar-refractivity contribution in [3.8, 4) is 0 Å². The van der Waals surface area contributed by atoms with E-state index in [9.17, 15) is 52.3 Å². The van der Waals surface area contributed by atoms with Crippen molar-refractivity contribution >= 4 is 51.8 Å². The molecule has 1 aliphatic rings. The predicted octanol–water partition coefficient (Wildman–Crippen LogP) is -13.9. The number of aliphatic hydroxyl groups excluding tert-OH is 2. The third-order valence-electron chi connectivity index (χ3n) is 4.74. The van der Waals surface area contributed by atoms with Crippen molar-refractivity contribution in [2.24, 2.45) is 0 Å². The van der Waals surface area contributed by atoms with Gasteiger partial charge in [-0.25, -0.2) is 15.0 Å². The number of nitrogen functional groups attached to an aromatic ring is 1. The smallest absolute Gasteiger partial charge is 0.806 e. The van der Waals surface area contributed by atoms with Gasteiger partial charge in [-0.1, -0.05) is 18.7 Å². The fraction of sp³-hybridized carbons (Fsp3) is 0.643. The summed E-state index contributed by atoms with van der Waals surface area (Å²) in [7, 11) is -20.6. The molecule has 0 saturated carbocycles. The van der Waals surface area contributed by atoms with Crippen molar-refractivity contribution in [3.05, 3.63) is 6.33 Å². The molecule has 2 aromatic heterocycles. The third-order valence-corrected chi connectivity index (χ3v) is 10.7. The van der Waals surface area contributed by atoms with E-state index >= 15 is 0 Å². The van der Waals surface area contributed by atoms with E-state index < -0.39 is 59.6 Å². The fourth-order valence-electron chi connectivity index (χ4n) is 2.98. The van der Waals surface area contributed by atoms with Gasteiger partial charge in [-0.3, -0.25) is 13.4 Å². The van der Waals surface area contributed by atoms with Crippen molar-refractivity contribution in [3.63, 3.8) is 0 Å². The van der Waals surface area contributed by atoms with E-state index in [0.29, 0.717) is 5.75 Å². The van der Waals surface area contributed by atoms with Crippen molar-refractivity contribution < 1.29 is 184 Å². The predicted molar refractivity (Wildman–Crippen MR) is 111 cm³/mol. The molecule has 41 heavy (non-hydrogen) atoms. The maximum atomic E-state index is 13.3. The Kier molecular flexibility index (Phi) is 20.1. The fourth-order valence-corrected chi connectivity index (χ4v) is 7.17. The number of halogens is 2. The van der Waals surface area contributed by atoms with Crippen molar-refractivity contribution in [1.82, 2.24) is 19.5 Å². The molecule has 1 fully saturated rings. The van der Waals surface area contributed by atoms with Crippen LogP contribution in [0.4, 0.5) is 14.6 Å². The van der Waals surface area contributed by atoms with Crippen LogP contribution in [0.5, 0.6) is 0 Å². The van der Waals surface area contributed by atoms with E-state index in [0.717, 1.165) is 17.3 Å². The monoisotopic (exact) mass is 703 g/mol. The molecule has 0 radical (unpaired) electrons. The van der Waals surface area contributed by atoms with E-state index in [1.807, 2.05) is 6.92 Å². The number of phosphoric ester groups is 1. The number of fused-ring (bicyclic) bond motifs is 1. The van der Waals surface area contributed by atoms with Crippen molar-refractivity contribution in [1.29, 1.82) is 0 Å². The van der Waals surface area contributed by atoms with E-state index in [2.05, 4.69) is 23.8 Å².